The van der Waals surface area contributed by atoms with E-state index < -0.39 is 11.7 Å². The number of halogens is 3. The number of benzene rings is 3. The fraction of sp³-hybridized carbons (Fsp3) is 0.0417. The van der Waals surface area contributed by atoms with Crippen LogP contribution < -0.4 is 0 Å². The monoisotopic (exact) mass is 388 g/mol. The lowest BCUT2D eigenvalue weighted by atomic mass is 9.89. The molecule has 142 valence electrons. The maximum atomic E-state index is 13.4. The molecular formula is C24H15F3N2. The molecule has 0 saturated carbocycles. The Morgan fingerprint density at radius 3 is 2.52 bits per heavy atom. The first-order chi connectivity index (χ1) is 14.0. The van der Waals surface area contributed by atoms with E-state index in [1.165, 1.54) is 12.1 Å². The Hall–Kier alpha value is -3.60. The van der Waals surface area contributed by atoms with Crippen molar-refractivity contribution in [1.29, 1.82) is 0 Å². The van der Waals surface area contributed by atoms with Gasteiger partial charge < -0.3 is 4.98 Å². The van der Waals surface area contributed by atoms with Gasteiger partial charge >= 0.3 is 6.18 Å². The molecule has 3 aromatic carbocycles. The van der Waals surface area contributed by atoms with Crippen molar-refractivity contribution in [3.8, 4) is 0 Å². The Balaban J connectivity index is 1.83. The predicted octanol–water partition coefficient (Wildman–Crippen LogP) is 6.86. The van der Waals surface area contributed by atoms with Gasteiger partial charge in [0.1, 0.15) is 0 Å². The van der Waals surface area contributed by atoms with Gasteiger partial charge in [-0.25, -0.2) is 0 Å². The second-order valence-electron chi connectivity index (χ2n) is 6.89. The molecule has 0 saturated heterocycles. The molecule has 0 unspecified atom stereocenters. The van der Waals surface area contributed by atoms with Crippen molar-refractivity contribution < 1.29 is 13.2 Å². The number of fused-ring (bicyclic) bond motifs is 2. The summed E-state index contributed by atoms with van der Waals surface area (Å²) in [6.45, 7) is 0. The number of rotatable bonds is 2. The first kappa shape index (κ1) is 17.5. The van der Waals surface area contributed by atoms with E-state index in [2.05, 4.69) is 9.98 Å². The van der Waals surface area contributed by atoms with Crippen LogP contribution in [-0.4, -0.2) is 11.2 Å². The fourth-order valence-electron chi connectivity index (χ4n) is 3.80. The van der Waals surface area contributed by atoms with Gasteiger partial charge in [0.2, 0.25) is 0 Å². The lowest BCUT2D eigenvalue weighted by molar-refractivity contribution is -0.137. The maximum Gasteiger partial charge on any atom is 0.416 e. The summed E-state index contributed by atoms with van der Waals surface area (Å²) in [6.07, 6.45) is -0.822. The number of aromatic amines is 1. The van der Waals surface area contributed by atoms with E-state index in [-0.39, 0.29) is 0 Å². The molecule has 0 aliphatic carbocycles. The molecule has 1 N–H and O–H groups in total. The third kappa shape index (κ3) is 2.95. The van der Waals surface area contributed by atoms with Crippen molar-refractivity contribution in [1.82, 2.24) is 4.98 Å². The van der Waals surface area contributed by atoms with E-state index in [1.54, 1.807) is 12.3 Å². The molecule has 5 heteroatoms. The number of aliphatic imine (C=N–C) groups is 1. The number of para-hydroxylation sites is 2. The zero-order chi connectivity index (χ0) is 20.0. The summed E-state index contributed by atoms with van der Waals surface area (Å²) in [7, 11) is 0. The summed E-state index contributed by atoms with van der Waals surface area (Å²) in [5.74, 6) is 0. The molecule has 29 heavy (non-hydrogen) atoms. The maximum absolute atomic E-state index is 13.4. The molecule has 5 rings (SSSR count). The standard InChI is InChI=1S/C24H15F3N2/c25-24(26,27)16-7-5-6-15(12-16)23(19-13-28-21-10-3-1-8-17(19)21)20-14-29-22-11-4-2-9-18(20)22/h1-14,28H. The Kier molecular flexibility index (Phi) is 3.91. The molecule has 1 aromatic heterocycles. The Labute approximate surface area is 165 Å². The highest BCUT2D eigenvalue weighted by Crippen LogP contribution is 2.42. The lowest BCUT2D eigenvalue weighted by Crippen LogP contribution is -2.05. The normalized spacial score (nSPS) is 15.0. The molecule has 2 nitrogen and oxygen atoms in total. The summed E-state index contributed by atoms with van der Waals surface area (Å²) >= 11 is 0. The number of hydrogen-bond donors (Lipinski definition) is 1. The summed E-state index contributed by atoms with van der Waals surface area (Å²) < 4.78 is 40.2. The van der Waals surface area contributed by atoms with E-state index >= 15 is 0 Å². The van der Waals surface area contributed by atoms with Gasteiger partial charge in [-0.3, -0.25) is 4.99 Å². The van der Waals surface area contributed by atoms with Crippen LogP contribution >= 0.6 is 0 Å². The largest absolute Gasteiger partial charge is 0.416 e. The van der Waals surface area contributed by atoms with Crippen LogP contribution in [0.15, 0.2) is 84.0 Å². The summed E-state index contributed by atoms with van der Waals surface area (Å²) in [4.78, 5) is 7.70. The van der Waals surface area contributed by atoms with Gasteiger partial charge in [-0.1, -0.05) is 48.5 Å². The number of aromatic nitrogens is 1. The minimum atomic E-state index is -4.41. The van der Waals surface area contributed by atoms with Crippen LogP contribution in [0.2, 0.25) is 0 Å². The van der Waals surface area contributed by atoms with Gasteiger partial charge in [-0.15, -0.1) is 0 Å². The lowest BCUT2D eigenvalue weighted by Gasteiger charge is -2.14. The smallest absolute Gasteiger partial charge is 0.361 e. The number of alkyl halides is 3. The van der Waals surface area contributed by atoms with Crippen molar-refractivity contribution in [2.45, 2.75) is 6.18 Å². The van der Waals surface area contributed by atoms with Gasteiger partial charge in [-0.05, 0) is 29.8 Å². The van der Waals surface area contributed by atoms with Gasteiger partial charge in [-0.2, -0.15) is 13.2 Å². The first-order valence-electron chi connectivity index (χ1n) is 9.14. The number of nitrogens with zero attached hydrogens (tertiary/aromatic N) is 1. The topological polar surface area (TPSA) is 28.1 Å². The van der Waals surface area contributed by atoms with Crippen LogP contribution in [0, 0.1) is 0 Å². The van der Waals surface area contributed by atoms with Gasteiger partial charge in [0.05, 0.1) is 11.3 Å². The van der Waals surface area contributed by atoms with Crippen LogP contribution in [0.3, 0.4) is 0 Å². The van der Waals surface area contributed by atoms with Gasteiger partial charge in [0.25, 0.3) is 0 Å². The van der Waals surface area contributed by atoms with Crippen LogP contribution in [0.1, 0.15) is 22.3 Å². The second-order valence-corrected chi connectivity index (χ2v) is 6.89. The average molecular weight is 388 g/mol. The van der Waals surface area contributed by atoms with Crippen LogP contribution in [-0.2, 0) is 6.18 Å². The number of hydrogen-bond acceptors (Lipinski definition) is 1. The van der Waals surface area contributed by atoms with E-state index in [1.807, 2.05) is 54.7 Å². The zero-order valence-electron chi connectivity index (χ0n) is 15.2. The molecule has 1 aliphatic rings. The highest BCUT2D eigenvalue weighted by molar-refractivity contribution is 6.27. The second kappa shape index (κ2) is 6.48. The molecule has 0 atom stereocenters. The van der Waals surface area contributed by atoms with Crippen LogP contribution in [0.4, 0.5) is 18.9 Å². The molecule has 4 aromatic rings. The molecule has 1 aliphatic heterocycles. The number of allylic oxidation sites excluding steroid dienone is 1. The Bertz CT molecular complexity index is 1290. The molecule has 0 fully saturated rings. The third-order valence-electron chi connectivity index (χ3n) is 5.13. The van der Waals surface area contributed by atoms with Crippen molar-refractivity contribution >= 4 is 34.0 Å². The van der Waals surface area contributed by atoms with E-state index in [0.717, 1.165) is 44.9 Å². The van der Waals surface area contributed by atoms with Crippen molar-refractivity contribution in [3.63, 3.8) is 0 Å². The minimum Gasteiger partial charge on any atom is -0.361 e. The number of nitrogens with one attached hydrogen (secondary N) is 1. The first-order valence-corrected chi connectivity index (χ1v) is 9.14. The number of H-pyrrole nitrogens is 1. The van der Waals surface area contributed by atoms with Crippen LogP contribution in [0.5, 0.6) is 0 Å². The predicted molar refractivity (Wildman–Crippen MR) is 110 cm³/mol. The van der Waals surface area contributed by atoms with Gasteiger partial charge in [0.15, 0.2) is 0 Å². The molecule has 2 heterocycles. The molecular weight excluding hydrogens is 373 g/mol. The van der Waals surface area contributed by atoms with Gasteiger partial charge in [0, 0.05) is 45.6 Å². The molecule has 0 amide bonds. The molecule has 0 spiro atoms. The van der Waals surface area contributed by atoms with Crippen molar-refractivity contribution in [2.75, 3.05) is 0 Å². The van der Waals surface area contributed by atoms with E-state index in [9.17, 15) is 13.2 Å². The summed E-state index contributed by atoms with van der Waals surface area (Å²) in [5.41, 5.74) is 4.86. The minimum absolute atomic E-state index is 0.503. The van der Waals surface area contributed by atoms with Crippen molar-refractivity contribution in [2.24, 2.45) is 4.99 Å². The third-order valence-corrected chi connectivity index (χ3v) is 5.13. The Morgan fingerprint density at radius 2 is 1.66 bits per heavy atom. The Morgan fingerprint density at radius 1 is 0.862 bits per heavy atom. The molecule has 0 bridgehead atoms. The SMILES string of the molecule is FC(F)(F)c1cccc(C(=C2C=Nc3ccccc32)c2c[nH]c3ccccc23)c1. The summed E-state index contributed by atoms with van der Waals surface area (Å²) in [6, 6.07) is 20.9. The highest BCUT2D eigenvalue weighted by Gasteiger charge is 2.31. The summed E-state index contributed by atoms with van der Waals surface area (Å²) in [5, 5.41) is 0.949. The molecule has 0 radical (unpaired) electrons. The van der Waals surface area contributed by atoms with Crippen molar-refractivity contribution in [3.05, 3.63) is 101 Å². The van der Waals surface area contributed by atoms with E-state index in [0.29, 0.717) is 5.56 Å². The van der Waals surface area contributed by atoms with E-state index in [4.69, 9.17) is 0 Å². The average Bonchev–Trinajstić information content (AvgIpc) is 3.34. The van der Waals surface area contributed by atoms with Crippen LogP contribution in [0.25, 0.3) is 22.0 Å². The fourth-order valence-corrected chi connectivity index (χ4v) is 3.80. The zero-order valence-corrected chi connectivity index (χ0v) is 15.2. The quantitative estimate of drug-likeness (QED) is 0.388. The highest BCUT2D eigenvalue weighted by atomic mass is 19.4.